The minimum Gasteiger partial charge on any atom is -0.436 e. The molecule has 0 radical (unpaired) electrons. The Morgan fingerprint density at radius 3 is 2.54 bits per heavy atom. The Morgan fingerprint density at radius 1 is 1.17 bits per heavy atom. The Hall–Kier alpha value is -2.41. The Kier molecular flexibility index (Phi) is 4.28. The lowest BCUT2D eigenvalue weighted by Gasteiger charge is -2.08. The number of halogens is 3. The van der Waals surface area contributed by atoms with Gasteiger partial charge in [0, 0.05) is 18.2 Å². The molecule has 126 valence electrons. The van der Waals surface area contributed by atoms with E-state index in [4.69, 9.17) is 4.42 Å². The molecule has 0 saturated heterocycles. The van der Waals surface area contributed by atoms with E-state index in [1.165, 1.54) is 0 Å². The van der Waals surface area contributed by atoms with Crippen LogP contribution in [0.15, 0.2) is 40.9 Å². The van der Waals surface area contributed by atoms with Gasteiger partial charge in [0.25, 0.3) is 0 Å². The molecule has 0 amide bonds. The average Bonchev–Trinajstić information content (AvgIpc) is 2.95. The molecule has 0 saturated carbocycles. The van der Waals surface area contributed by atoms with Crippen molar-refractivity contribution in [2.75, 3.05) is 0 Å². The SMILES string of the molecule is Cc1ccc(-c2cnc3nc(C(O)CCC(F)(F)F)oc3c2)cc1. The number of rotatable bonds is 4. The molecule has 3 rings (SSSR count). The largest absolute Gasteiger partial charge is 0.436 e. The fourth-order valence-electron chi connectivity index (χ4n) is 2.31. The molecule has 0 bridgehead atoms. The van der Waals surface area contributed by atoms with Crippen LogP contribution in [-0.4, -0.2) is 21.3 Å². The molecule has 4 nitrogen and oxygen atoms in total. The van der Waals surface area contributed by atoms with E-state index < -0.39 is 25.1 Å². The number of aliphatic hydroxyl groups is 1. The van der Waals surface area contributed by atoms with Crippen molar-refractivity contribution in [2.45, 2.75) is 32.0 Å². The highest BCUT2D eigenvalue weighted by Gasteiger charge is 2.29. The third-order valence-electron chi connectivity index (χ3n) is 3.63. The Labute approximate surface area is 136 Å². The summed E-state index contributed by atoms with van der Waals surface area (Å²) in [5.41, 5.74) is 3.45. The first-order chi connectivity index (χ1) is 11.3. The van der Waals surface area contributed by atoms with Crippen LogP contribution in [0.2, 0.25) is 0 Å². The fourth-order valence-corrected chi connectivity index (χ4v) is 2.31. The first-order valence-corrected chi connectivity index (χ1v) is 7.40. The standard InChI is InChI=1S/C17H15F3N2O2/c1-10-2-4-11(5-3-10)12-8-14-15(21-9-12)22-16(24-14)13(23)6-7-17(18,19)20/h2-5,8-9,13,23H,6-7H2,1H3. The summed E-state index contributed by atoms with van der Waals surface area (Å²) in [4.78, 5) is 8.12. The molecule has 0 aliphatic heterocycles. The lowest BCUT2D eigenvalue weighted by Crippen LogP contribution is -2.10. The smallest absolute Gasteiger partial charge is 0.389 e. The lowest BCUT2D eigenvalue weighted by molar-refractivity contribution is -0.140. The highest BCUT2D eigenvalue weighted by molar-refractivity contribution is 5.76. The predicted octanol–water partition coefficient (Wildman–Crippen LogP) is 4.57. The first kappa shape index (κ1) is 16.4. The number of aliphatic hydroxyl groups excluding tert-OH is 1. The number of hydrogen-bond donors (Lipinski definition) is 1. The van der Waals surface area contributed by atoms with Gasteiger partial charge in [-0.25, -0.2) is 4.98 Å². The molecular formula is C17H15F3N2O2. The molecule has 0 aliphatic rings. The van der Waals surface area contributed by atoms with Crippen LogP contribution in [0, 0.1) is 6.92 Å². The summed E-state index contributed by atoms with van der Waals surface area (Å²) in [6, 6.07) is 9.51. The van der Waals surface area contributed by atoms with E-state index in [9.17, 15) is 18.3 Å². The minimum absolute atomic E-state index is 0.150. The van der Waals surface area contributed by atoms with Gasteiger partial charge in [0.1, 0.15) is 6.10 Å². The van der Waals surface area contributed by atoms with Gasteiger partial charge in [-0.05, 0) is 25.0 Å². The summed E-state index contributed by atoms with van der Waals surface area (Å²) in [7, 11) is 0. The molecular weight excluding hydrogens is 321 g/mol. The Bertz CT molecular complexity index is 841. The van der Waals surface area contributed by atoms with Gasteiger partial charge in [-0.2, -0.15) is 18.2 Å². The van der Waals surface area contributed by atoms with E-state index in [0.717, 1.165) is 16.7 Å². The normalized spacial score (nSPS) is 13.4. The number of pyridine rings is 1. The number of alkyl halides is 3. The van der Waals surface area contributed by atoms with Crippen LogP contribution in [0.25, 0.3) is 22.4 Å². The van der Waals surface area contributed by atoms with Crippen molar-refractivity contribution < 1.29 is 22.7 Å². The van der Waals surface area contributed by atoms with Crippen molar-refractivity contribution >= 4 is 11.2 Å². The Balaban J connectivity index is 1.85. The quantitative estimate of drug-likeness (QED) is 0.758. The fraction of sp³-hybridized carbons (Fsp3) is 0.294. The molecule has 0 aliphatic carbocycles. The van der Waals surface area contributed by atoms with Crippen LogP contribution >= 0.6 is 0 Å². The molecule has 1 N–H and O–H groups in total. The van der Waals surface area contributed by atoms with Crippen molar-refractivity contribution in [3.05, 3.63) is 48.0 Å². The highest BCUT2D eigenvalue weighted by Crippen LogP contribution is 2.29. The molecule has 2 heterocycles. The van der Waals surface area contributed by atoms with Crippen molar-refractivity contribution in [3.8, 4) is 11.1 Å². The number of aryl methyl sites for hydroxylation is 1. The predicted molar refractivity (Wildman–Crippen MR) is 82.2 cm³/mol. The molecule has 0 fully saturated rings. The van der Waals surface area contributed by atoms with Crippen LogP contribution < -0.4 is 0 Å². The van der Waals surface area contributed by atoms with Crippen molar-refractivity contribution in [1.29, 1.82) is 0 Å². The number of aromatic nitrogens is 2. The van der Waals surface area contributed by atoms with E-state index in [2.05, 4.69) is 9.97 Å². The van der Waals surface area contributed by atoms with Crippen molar-refractivity contribution in [3.63, 3.8) is 0 Å². The second kappa shape index (κ2) is 6.24. The van der Waals surface area contributed by atoms with E-state index in [-0.39, 0.29) is 11.5 Å². The molecule has 24 heavy (non-hydrogen) atoms. The number of nitrogens with zero attached hydrogens (tertiary/aromatic N) is 2. The van der Waals surface area contributed by atoms with Gasteiger partial charge >= 0.3 is 6.18 Å². The van der Waals surface area contributed by atoms with Crippen LogP contribution in [0.1, 0.15) is 30.4 Å². The zero-order valence-electron chi connectivity index (χ0n) is 12.8. The average molecular weight is 336 g/mol. The molecule has 1 aromatic carbocycles. The van der Waals surface area contributed by atoms with E-state index in [0.29, 0.717) is 5.58 Å². The summed E-state index contributed by atoms with van der Waals surface area (Å²) in [6.07, 6.45) is -5.73. The highest BCUT2D eigenvalue weighted by atomic mass is 19.4. The number of fused-ring (bicyclic) bond motifs is 1. The van der Waals surface area contributed by atoms with E-state index in [1.807, 2.05) is 31.2 Å². The van der Waals surface area contributed by atoms with Crippen molar-refractivity contribution in [1.82, 2.24) is 9.97 Å². The van der Waals surface area contributed by atoms with Crippen LogP contribution in [0.4, 0.5) is 13.2 Å². The van der Waals surface area contributed by atoms with E-state index in [1.54, 1.807) is 12.3 Å². The van der Waals surface area contributed by atoms with Crippen LogP contribution in [0.5, 0.6) is 0 Å². The van der Waals surface area contributed by atoms with Gasteiger partial charge in [0.15, 0.2) is 11.2 Å². The number of oxazole rings is 1. The molecule has 1 unspecified atom stereocenters. The maximum Gasteiger partial charge on any atom is 0.389 e. The monoisotopic (exact) mass is 336 g/mol. The second-order valence-electron chi connectivity index (χ2n) is 5.63. The van der Waals surface area contributed by atoms with Gasteiger partial charge in [0.2, 0.25) is 5.89 Å². The summed E-state index contributed by atoms with van der Waals surface area (Å²) in [6.45, 7) is 1.98. The minimum atomic E-state index is -4.33. The molecule has 2 aromatic heterocycles. The van der Waals surface area contributed by atoms with Gasteiger partial charge in [-0.3, -0.25) is 0 Å². The maximum atomic E-state index is 12.2. The van der Waals surface area contributed by atoms with Crippen LogP contribution in [-0.2, 0) is 0 Å². The van der Waals surface area contributed by atoms with Gasteiger partial charge in [0.05, 0.1) is 0 Å². The summed E-state index contributed by atoms with van der Waals surface area (Å²) in [5.74, 6) is -0.150. The summed E-state index contributed by atoms with van der Waals surface area (Å²) >= 11 is 0. The number of benzene rings is 1. The van der Waals surface area contributed by atoms with E-state index >= 15 is 0 Å². The second-order valence-corrected chi connectivity index (χ2v) is 5.63. The first-order valence-electron chi connectivity index (χ1n) is 7.40. The summed E-state index contributed by atoms with van der Waals surface area (Å²) in [5, 5.41) is 9.82. The number of hydrogen-bond acceptors (Lipinski definition) is 4. The zero-order chi connectivity index (χ0) is 17.3. The lowest BCUT2D eigenvalue weighted by atomic mass is 10.1. The van der Waals surface area contributed by atoms with Crippen LogP contribution in [0.3, 0.4) is 0 Å². The molecule has 3 aromatic rings. The van der Waals surface area contributed by atoms with Gasteiger partial charge in [-0.1, -0.05) is 29.8 Å². The third-order valence-corrected chi connectivity index (χ3v) is 3.63. The van der Waals surface area contributed by atoms with Gasteiger partial charge < -0.3 is 9.52 Å². The van der Waals surface area contributed by atoms with Gasteiger partial charge in [-0.15, -0.1) is 0 Å². The maximum absolute atomic E-state index is 12.2. The zero-order valence-corrected chi connectivity index (χ0v) is 12.8. The molecule has 0 spiro atoms. The molecule has 1 atom stereocenters. The Morgan fingerprint density at radius 2 is 1.88 bits per heavy atom. The topological polar surface area (TPSA) is 59.2 Å². The summed E-state index contributed by atoms with van der Waals surface area (Å²) < 4.78 is 42.1. The van der Waals surface area contributed by atoms with Crippen molar-refractivity contribution in [2.24, 2.45) is 0 Å². The molecule has 7 heteroatoms. The third kappa shape index (κ3) is 3.73.